The van der Waals surface area contributed by atoms with E-state index < -0.39 is 27.5 Å². The number of sulfonamides is 1. The number of hydrogen-bond donors (Lipinski definition) is 1. The van der Waals surface area contributed by atoms with Gasteiger partial charge in [0, 0.05) is 6.54 Å². The Morgan fingerprint density at radius 2 is 1.96 bits per heavy atom. The number of unbranched alkanes of at least 4 members (excludes halogenated alkanes) is 1. The first-order valence-corrected chi connectivity index (χ1v) is 10.1. The van der Waals surface area contributed by atoms with Crippen LogP contribution in [0.5, 0.6) is 5.75 Å². The zero-order valence-electron chi connectivity index (χ0n) is 14.7. The lowest BCUT2D eigenvalue weighted by Crippen LogP contribution is -2.38. The SMILES string of the molecule is CCCCOc1ccc(CS(=O)(=O)N(CC)CC(N)=S)cc1C(F)(F)F. The van der Waals surface area contributed by atoms with Crippen molar-refractivity contribution in [2.45, 2.75) is 38.6 Å². The lowest BCUT2D eigenvalue weighted by Gasteiger charge is -2.20. The molecule has 148 valence electrons. The fourth-order valence-electron chi connectivity index (χ4n) is 2.22. The number of hydrogen-bond acceptors (Lipinski definition) is 4. The molecule has 0 saturated heterocycles. The van der Waals surface area contributed by atoms with Crippen LogP contribution in [0, 0.1) is 0 Å². The van der Waals surface area contributed by atoms with Crippen LogP contribution in [0.3, 0.4) is 0 Å². The highest BCUT2D eigenvalue weighted by atomic mass is 32.2. The predicted octanol–water partition coefficient (Wildman–Crippen LogP) is 3.32. The van der Waals surface area contributed by atoms with Crippen molar-refractivity contribution >= 4 is 27.2 Å². The first-order valence-electron chi connectivity index (χ1n) is 8.10. The van der Waals surface area contributed by atoms with Crippen LogP contribution in [0.4, 0.5) is 13.2 Å². The van der Waals surface area contributed by atoms with E-state index in [1.807, 2.05) is 6.92 Å². The van der Waals surface area contributed by atoms with Crippen LogP contribution in [0.15, 0.2) is 18.2 Å². The maximum Gasteiger partial charge on any atom is 0.419 e. The number of nitrogens with zero attached hydrogens (tertiary/aromatic N) is 1. The summed E-state index contributed by atoms with van der Waals surface area (Å²) in [7, 11) is -3.86. The van der Waals surface area contributed by atoms with Gasteiger partial charge in [0.2, 0.25) is 10.0 Å². The van der Waals surface area contributed by atoms with Crippen molar-refractivity contribution in [1.82, 2.24) is 4.31 Å². The summed E-state index contributed by atoms with van der Waals surface area (Å²) in [5.74, 6) is -0.885. The van der Waals surface area contributed by atoms with Crippen LogP contribution in [-0.4, -0.2) is 37.4 Å². The Kier molecular flexibility index (Phi) is 8.29. The fourth-order valence-corrected chi connectivity index (χ4v) is 3.97. The van der Waals surface area contributed by atoms with E-state index in [0.29, 0.717) is 6.42 Å². The minimum absolute atomic E-state index is 0.00826. The Morgan fingerprint density at radius 3 is 2.46 bits per heavy atom. The standard InChI is InChI=1S/C16H23F3N2O3S2/c1-3-5-8-24-14-7-6-12(9-13(14)16(17,18)19)11-26(22,23)21(4-2)10-15(20)25/h6-7,9H,3-5,8,10-11H2,1-2H3,(H2,20,25). The molecule has 0 bridgehead atoms. The van der Waals surface area contributed by atoms with E-state index in [1.54, 1.807) is 6.92 Å². The second kappa shape index (κ2) is 9.52. The topological polar surface area (TPSA) is 72.6 Å². The summed E-state index contributed by atoms with van der Waals surface area (Å²) in [4.78, 5) is -0.00826. The molecule has 1 aromatic carbocycles. The molecule has 26 heavy (non-hydrogen) atoms. The summed E-state index contributed by atoms with van der Waals surface area (Å²) in [6.07, 6.45) is -3.24. The molecule has 0 heterocycles. The normalized spacial score (nSPS) is 12.4. The van der Waals surface area contributed by atoms with Crippen molar-refractivity contribution in [2.24, 2.45) is 5.73 Å². The second-order valence-corrected chi connectivity index (χ2v) is 8.17. The summed E-state index contributed by atoms with van der Waals surface area (Å²) in [6, 6.07) is 3.29. The maximum atomic E-state index is 13.3. The third-order valence-electron chi connectivity index (χ3n) is 3.53. The molecule has 10 heteroatoms. The van der Waals surface area contributed by atoms with Crippen molar-refractivity contribution < 1.29 is 26.3 Å². The largest absolute Gasteiger partial charge is 0.493 e. The fraction of sp³-hybridized carbons (Fsp3) is 0.562. The Balaban J connectivity index is 3.12. The van der Waals surface area contributed by atoms with Gasteiger partial charge in [-0.1, -0.05) is 38.6 Å². The van der Waals surface area contributed by atoms with E-state index in [1.165, 1.54) is 6.07 Å². The van der Waals surface area contributed by atoms with Crippen molar-refractivity contribution in [1.29, 1.82) is 0 Å². The van der Waals surface area contributed by atoms with Crippen LogP contribution in [-0.2, 0) is 22.0 Å². The number of thiocarbonyl (C=S) groups is 1. The van der Waals surface area contributed by atoms with Crippen molar-refractivity contribution in [3.8, 4) is 5.75 Å². The zero-order valence-corrected chi connectivity index (χ0v) is 16.3. The van der Waals surface area contributed by atoms with E-state index in [9.17, 15) is 21.6 Å². The number of alkyl halides is 3. The summed E-state index contributed by atoms with van der Waals surface area (Å²) < 4.78 is 71.0. The summed E-state index contributed by atoms with van der Waals surface area (Å²) in [5, 5.41) is 0. The summed E-state index contributed by atoms with van der Waals surface area (Å²) in [6.45, 7) is 3.62. The van der Waals surface area contributed by atoms with Crippen molar-refractivity contribution in [3.63, 3.8) is 0 Å². The summed E-state index contributed by atoms with van der Waals surface area (Å²) in [5.41, 5.74) is 4.41. The van der Waals surface area contributed by atoms with Crippen molar-refractivity contribution in [3.05, 3.63) is 29.3 Å². The van der Waals surface area contributed by atoms with E-state index in [-0.39, 0.29) is 36.0 Å². The van der Waals surface area contributed by atoms with Crippen LogP contribution < -0.4 is 10.5 Å². The van der Waals surface area contributed by atoms with Gasteiger partial charge >= 0.3 is 6.18 Å². The van der Waals surface area contributed by atoms with Gasteiger partial charge in [-0.25, -0.2) is 8.42 Å². The highest BCUT2D eigenvalue weighted by molar-refractivity contribution is 7.88. The van der Waals surface area contributed by atoms with E-state index in [4.69, 9.17) is 22.7 Å². The number of nitrogens with two attached hydrogens (primary N) is 1. The molecule has 0 aliphatic carbocycles. The molecule has 5 nitrogen and oxygen atoms in total. The number of likely N-dealkylation sites (N-methyl/N-ethyl adjacent to an activating group) is 1. The van der Waals surface area contributed by atoms with Gasteiger partial charge in [0.05, 0.1) is 29.5 Å². The monoisotopic (exact) mass is 412 g/mol. The average Bonchev–Trinajstić information content (AvgIpc) is 2.52. The zero-order chi connectivity index (χ0) is 20.0. The van der Waals surface area contributed by atoms with Gasteiger partial charge < -0.3 is 10.5 Å². The molecular weight excluding hydrogens is 389 g/mol. The molecule has 2 N–H and O–H groups in total. The first-order chi connectivity index (χ1) is 12.0. The molecule has 0 atom stereocenters. The van der Waals surface area contributed by atoms with Crippen molar-refractivity contribution in [2.75, 3.05) is 19.7 Å². The highest BCUT2D eigenvalue weighted by Crippen LogP contribution is 2.37. The molecule has 0 amide bonds. The highest BCUT2D eigenvalue weighted by Gasteiger charge is 2.35. The molecule has 1 rings (SSSR count). The molecule has 0 fully saturated rings. The van der Waals surface area contributed by atoms with Crippen LogP contribution in [0.2, 0.25) is 0 Å². The molecule has 0 aliphatic rings. The molecule has 0 aliphatic heterocycles. The second-order valence-electron chi connectivity index (χ2n) is 5.68. The van der Waals surface area contributed by atoms with Gasteiger partial charge in [-0.2, -0.15) is 17.5 Å². The third-order valence-corrected chi connectivity index (χ3v) is 5.53. The lowest BCUT2D eigenvalue weighted by molar-refractivity contribution is -0.139. The molecule has 0 spiro atoms. The quantitative estimate of drug-likeness (QED) is 0.471. The van der Waals surface area contributed by atoms with Crippen LogP contribution >= 0.6 is 12.2 Å². The minimum Gasteiger partial charge on any atom is -0.493 e. The predicted molar refractivity (Wildman–Crippen MR) is 98.5 cm³/mol. The maximum absolute atomic E-state index is 13.3. The van der Waals surface area contributed by atoms with E-state index >= 15 is 0 Å². The number of benzene rings is 1. The first kappa shape index (κ1) is 22.7. The Morgan fingerprint density at radius 1 is 1.31 bits per heavy atom. The van der Waals surface area contributed by atoms with Gasteiger partial charge in [0.15, 0.2) is 0 Å². The molecule has 0 radical (unpaired) electrons. The van der Waals surface area contributed by atoms with E-state index in [0.717, 1.165) is 22.9 Å². The van der Waals surface area contributed by atoms with Gasteiger partial charge in [-0.3, -0.25) is 0 Å². The number of ether oxygens (including phenoxy) is 1. The van der Waals surface area contributed by atoms with E-state index in [2.05, 4.69) is 0 Å². The smallest absolute Gasteiger partial charge is 0.419 e. The number of rotatable bonds is 10. The Hall–Kier alpha value is -1.39. The molecular formula is C16H23F3N2O3S2. The average molecular weight is 412 g/mol. The van der Waals surface area contributed by atoms with Gasteiger partial charge in [-0.05, 0) is 24.1 Å². The molecule has 0 aromatic heterocycles. The van der Waals surface area contributed by atoms with Gasteiger partial charge in [0.25, 0.3) is 0 Å². The van der Waals surface area contributed by atoms with Gasteiger partial charge in [0.1, 0.15) is 5.75 Å². The molecule has 0 unspecified atom stereocenters. The van der Waals surface area contributed by atoms with Crippen LogP contribution in [0.25, 0.3) is 0 Å². The molecule has 0 saturated carbocycles. The Labute approximate surface area is 157 Å². The van der Waals surface area contributed by atoms with Crippen LogP contribution in [0.1, 0.15) is 37.8 Å². The van der Waals surface area contributed by atoms with Gasteiger partial charge in [-0.15, -0.1) is 0 Å². The molecule has 1 aromatic rings. The summed E-state index contributed by atoms with van der Waals surface area (Å²) >= 11 is 4.72. The minimum atomic E-state index is -4.65. The lowest BCUT2D eigenvalue weighted by atomic mass is 10.1. The Bertz CT molecular complexity index is 722. The third kappa shape index (κ3) is 6.73. The number of halogens is 3.